The molecule has 0 aliphatic rings. The quantitative estimate of drug-likeness (QED) is 0.586. The SMILES string of the molecule is O[C@@H](CNc1cc(-c2ccc(OC(F)(F)F)c(F)c2)ncn1)c1ccc(F)cc1. The van der Waals surface area contributed by atoms with E-state index in [4.69, 9.17) is 0 Å². The van der Waals surface area contributed by atoms with E-state index >= 15 is 0 Å². The summed E-state index contributed by atoms with van der Waals surface area (Å²) in [6.45, 7) is 0.0504. The number of hydrogen-bond donors (Lipinski definition) is 2. The molecule has 10 heteroatoms. The number of halogens is 5. The lowest BCUT2D eigenvalue weighted by Crippen LogP contribution is -2.17. The van der Waals surface area contributed by atoms with Gasteiger partial charge in [-0.1, -0.05) is 12.1 Å². The van der Waals surface area contributed by atoms with Gasteiger partial charge in [0.05, 0.1) is 11.8 Å². The van der Waals surface area contributed by atoms with Crippen molar-refractivity contribution in [3.63, 3.8) is 0 Å². The van der Waals surface area contributed by atoms with Crippen molar-refractivity contribution in [1.82, 2.24) is 9.97 Å². The van der Waals surface area contributed by atoms with Crippen LogP contribution >= 0.6 is 0 Å². The molecule has 2 N–H and O–H groups in total. The number of benzene rings is 2. The van der Waals surface area contributed by atoms with E-state index in [0.717, 1.165) is 12.1 Å². The van der Waals surface area contributed by atoms with Crippen LogP contribution in [0.3, 0.4) is 0 Å². The smallest absolute Gasteiger partial charge is 0.403 e. The van der Waals surface area contributed by atoms with E-state index in [1.165, 1.54) is 42.7 Å². The largest absolute Gasteiger partial charge is 0.573 e. The third kappa shape index (κ3) is 5.61. The third-order valence-corrected chi connectivity index (χ3v) is 3.85. The zero-order valence-corrected chi connectivity index (χ0v) is 14.6. The standard InChI is InChI=1S/C19H14F5N3O2/c20-13-4-1-11(2-5-13)16(28)9-25-18-8-15(26-10-27-18)12-3-6-17(14(21)7-12)29-19(22,23)24/h1-8,10,16,28H,9H2,(H,25,26,27)/t16-/m0/s1. The molecule has 3 rings (SSSR count). The van der Waals surface area contributed by atoms with Gasteiger partial charge in [-0.05, 0) is 35.9 Å². The molecule has 0 aliphatic heterocycles. The van der Waals surface area contributed by atoms with E-state index in [0.29, 0.717) is 11.4 Å². The Balaban J connectivity index is 1.70. The average molecular weight is 411 g/mol. The molecule has 29 heavy (non-hydrogen) atoms. The van der Waals surface area contributed by atoms with Gasteiger partial charge in [0.1, 0.15) is 18.0 Å². The number of aliphatic hydroxyl groups is 1. The molecular weight excluding hydrogens is 397 g/mol. The lowest BCUT2D eigenvalue weighted by molar-refractivity contribution is -0.275. The molecule has 0 aliphatic carbocycles. The van der Waals surface area contributed by atoms with Crippen LogP contribution in [0.1, 0.15) is 11.7 Å². The molecule has 0 saturated heterocycles. The van der Waals surface area contributed by atoms with Crippen LogP contribution in [-0.2, 0) is 0 Å². The first-order valence-electron chi connectivity index (χ1n) is 8.26. The monoisotopic (exact) mass is 411 g/mol. The number of nitrogens with one attached hydrogen (secondary N) is 1. The maximum atomic E-state index is 13.9. The normalized spacial score (nSPS) is 12.5. The summed E-state index contributed by atoms with van der Waals surface area (Å²) < 4.78 is 67.1. The Morgan fingerprint density at radius 1 is 1.00 bits per heavy atom. The van der Waals surface area contributed by atoms with Gasteiger partial charge in [0.2, 0.25) is 0 Å². The predicted octanol–water partition coefficient (Wildman–Crippen LogP) is 4.47. The highest BCUT2D eigenvalue weighted by molar-refractivity contribution is 5.63. The molecule has 1 atom stereocenters. The van der Waals surface area contributed by atoms with Crippen LogP contribution in [-0.4, -0.2) is 28.0 Å². The van der Waals surface area contributed by atoms with Gasteiger partial charge in [-0.15, -0.1) is 13.2 Å². The number of ether oxygens (including phenoxy) is 1. The summed E-state index contributed by atoms with van der Waals surface area (Å²) in [7, 11) is 0. The summed E-state index contributed by atoms with van der Waals surface area (Å²) >= 11 is 0. The number of hydrogen-bond acceptors (Lipinski definition) is 5. The number of nitrogens with zero attached hydrogens (tertiary/aromatic N) is 2. The minimum atomic E-state index is -5.00. The minimum Gasteiger partial charge on any atom is -0.403 e. The van der Waals surface area contributed by atoms with Crippen molar-refractivity contribution < 1.29 is 31.8 Å². The highest BCUT2D eigenvalue weighted by atomic mass is 19.4. The van der Waals surface area contributed by atoms with Crippen LogP contribution in [0.2, 0.25) is 0 Å². The van der Waals surface area contributed by atoms with Crippen LogP contribution < -0.4 is 10.1 Å². The Kier molecular flexibility index (Phi) is 5.92. The van der Waals surface area contributed by atoms with Crippen molar-refractivity contribution in [1.29, 1.82) is 0 Å². The van der Waals surface area contributed by atoms with E-state index < -0.39 is 29.9 Å². The average Bonchev–Trinajstić information content (AvgIpc) is 2.67. The molecule has 152 valence electrons. The summed E-state index contributed by atoms with van der Waals surface area (Å²) in [5.74, 6) is -2.27. The van der Waals surface area contributed by atoms with Gasteiger partial charge in [-0.2, -0.15) is 0 Å². The molecule has 0 fully saturated rings. The van der Waals surface area contributed by atoms with Crippen molar-refractivity contribution in [3.05, 3.63) is 72.1 Å². The van der Waals surface area contributed by atoms with Gasteiger partial charge in [-0.25, -0.2) is 18.7 Å². The molecule has 0 radical (unpaired) electrons. The van der Waals surface area contributed by atoms with Crippen LogP contribution in [0.15, 0.2) is 54.9 Å². The Labute approximate surface area is 161 Å². The number of aliphatic hydroxyl groups excluding tert-OH is 1. The van der Waals surface area contributed by atoms with Gasteiger partial charge in [0.15, 0.2) is 11.6 Å². The number of anilines is 1. The fourth-order valence-corrected chi connectivity index (χ4v) is 2.48. The van der Waals surface area contributed by atoms with E-state index in [2.05, 4.69) is 20.0 Å². The van der Waals surface area contributed by atoms with Crippen molar-refractivity contribution in [2.75, 3.05) is 11.9 Å². The van der Waals surface area contributed by atoms with Crippen molar-refractivity contribution in [3.8, 4) is 17.0 Å². The highest BCUT2D eigenvalue weighted by Gasteiger charge is 2.32. The van der Waals surface area contributed by atoms with Crippen LogP contribution in [0.25, 0.3) is 11.3 Å². The topological polar surface area (TPSA) is 67.3 Å². The van der Waals surface area contributed by atoms with Crippen molar-refractivity contribution in [2.24, 2.45) is 0 Å². The molecule has 0 amide bonds. The lowest BCUT2D eigenvalue weighted by Gasteiger charge is -2.13. The van der Waals surface area contributed by atoms with E-state index in [1.54, 1.807) is 0 Å². The molecule has 5 nitrogen and oxygen atoms in total. The van der Waals surface area contributed by atoms with Crippen molar-refractivity contribution >= 4 is 5.82 Å². The van der Waals surface area contributed by atoms with Gasteiger partial charge >= 0.3 is 6.36 Å². The second-order valence-electron chi connectivity index (χ2n) is 5.93. The highest BCUT2D eigenvalue weighted by Crippen LogP contribution is 2.29. The first-order valence-corrected chi connectivity index (χ1v) is 8.26. The predicted molar refractivity (Wildman–Crippen MR) is 94.0 cm³/mol. The minimum absolute atomic E-state index is 0.0504. The molecule has 0 bridgehead atoms. The number of rotatable bonds is 6. The molecule has 3 aromatic rings. The molecular formula is C19H14F5N3O2. The molecule has 1 heterocycles. The lowest BCUT2D eigenvalue weighted by atomic mass is 10.1. The first kappa shape index (κ1) is 20.5. The molecule has 0 unspecified atom stereocenters. The number of aromatic nitrogens is 2. The zero-order valence-electron chi connectivity index (χ0n) is 14.6. The molecule has 0 saturated carbocycles. The first-order chi connectivity index (χ1) is 13.7. The molecule has 2 aromatic carbocycles. The van der Waals surface area contributed by atoms with Crippen LogP contribution in [0, 0.1) is 11.6 Å². The molecule has 1 aromatic heterocycles. The summed E-state index contributed by atoms with van der Waals surface area (Å²) in [5, 5.41) is 13.0. The summed E-state index contributed by atoms with van der Waals surface area (Å²) in [6.07, 6.45) is -4.76. The van der Waals surface area contributed by atoms with Gasteiger partial charge < -0.3 is 15.2 Å². The van der Waals surface area contributed by atoms with Gasteiger partial charge in [0, 0.05) is 18.2 Å². The van der Waals surface area contributed by atoms with Gasteiger partial charge in [0.25, 0.3) is 0 Å². The fraction of sp³-hybridized carbons (Fsp3) is 0.158. The van der Waals surface area contributed by atoms with Gasteiger partial charge in [-0.3, -0.25) is 0 Å². The van der Waals surface area contributed by atoms with E-state index in [-0.39, 0.29) is 17.8 Å². The summed E-state index contributed by atoms with van der Waals surface area (Å²) in [4.78, 5) is 7.94. The second kappa shape index (κ2) is 8.39. The van der Waals surface area contributed by atoms with Crippen LogP contribution in [0.5, 0.6) is 5.75 Å². The Morgan fingerprint density at radius 2 is 1.72 bits per heavy atom. The Bertz CT molecular complexity index is 980. The zero-order chi connectivity index (χ0) is 21.0. The fourth-order valence-electron chi connectivity index (χ4n) is 2.48. The molecule has 0 spiro atoms. The Hall–Kier alpha value is -3.27. The van der Waals surface area contributed by atoms with Crippen molar-refractivity contribution in [2.45, 2.75) is 12.5 Å². The second-order valence-corrected chi connectivity index (χ2v) is 5.93. The summed E-state index contributed by atoms with van der Waals surface area (Å²) in [5.41, 5.74) is 0.952. The number of alkyl halides is 3. The van der Waals surface area contributed by atoms with Crippen LogP contribution in [0.4, 0.5) is 27.8 Å². The third-order valence-electron chi connectivity index (χ3n) is 3.85. The van der Waals surface area contributed by atoms with E-state index in [9.17, 15) is 27.1 Å². The Morgan fingerprint density at radius 3 is 2.38 bits per heavy atom. The maximum absolute atomic E-state index is 13.9. The maximum Gasteiger partial charge on any atom is 0.573 e. The van der Waals surface area contributed by atoms with E-state index in [1.807, 2.05) is 0 Å². The summed E-state index contributed by atoms with van der Waals surface area (Å²) in [6, 6.07) is 9.72.